The summed E-state index contributed by atoms with van der Waals surface area (Å²) in [7, 11) is 0. The minimum atomic E-state index is -0.146. The molecular weight excluding hydrogens is 468 g/mol. The molecule has 0 radical (unpaired) electrons. The predicted octanol–water partition coefficient (Wildman–Crippen LogP) is 7.10. The second kappa shape index (κ2) is 13.0. The van der Waals surface area contributed by atoms with Gasteiger partial charge < -0.3 is 9.80 Å². The largest absolute Gasteiger partial charge is 0.307 e. The monoisotopic (exact) mass is 500 g/mol. The lowest BCUT2D eigenvalue weighted by molar-refractivity contribution is -0.115. The van der Waals surface area contributed by atoms with Crippen molar-refractivity contribution in [3.8, 4) is 0 Å². The van der Waals surface area contributed by atoms with Gasteiger partial charge in [0.2, 0.25) is 0 Å². The van der Waals surface area contributed by atoms with Gasteiger partial charge in [0.1, 0.15) is 0 Å². The van der Waals surface area contributed by atoms with E-state index in [-0.39, 0.29) is 11.8 Å². The molecule has 0 spiro atoms. The number of nitrogens with zero attached hydrogens (tertiary/aromatic N) is 2. The summed E-state index contributed by atoms with van der Waals surface area (Å²) in [6, 6.07) is 35.1. The molecule has 0 aliphatic carbocycles. The molecule has 190 valence electrons. The summed E-state index contributed by atoms with van der Waals surface area (Å²) in [5, 5.41) is 0. The molecule has 4 rings (SSSR count). The van der Waals surface area contributed by atoms with E-state index in [1.807, 2.05) is 135 Å². The van der Waals surface area contributed by atoms with Crippen molar-refractivity contribution in [3.63, 3.8) is 0 Å². The van der Waals surface area contributed by atoms with Crippen LogP contribution in [-0.2, 0) is 9.59 Å². The molecule has 0 unspecified atom stereocenters. The molecule has 38 heavy (non-hydrogen) atoms. The Morgan fingerprint density at radius 1 is 0.526 bits per heavy atom. The highest BCUT2D eigenvalue weighted by atomic mass is 16.2. The van der Waals surface area contributed by atoms with Crippen molar-refractivity contribution in [3.05, 3.63) is 144 Å². The highest BCUT2D eigenvalue weighted by molar-refractivity contribution is 6.05. The highest BCUT2D eigenvalue weighted by Gasteiger charge is 2.18. The molecule has 0 aromatic heterocycles. The van der Waals surface area contributed by atoms with Crippen molar-refractivity contribution in [1.29, 1.82) is 0 Å². The molecule has 0 fully saturated rings. The number of anilines is 2. The molecule has 0 bridgehead atoms. The molecule has 0 heterocycles. The number of rotatable bonds is 9. The number of aryl methyl sites for hydroxylation is 2. The first-order valence-electron chi connectivity index (χ1n) is 12.7. The van der Waals surface area contributed by atoms with Gasteiger partial charge >= 0.3 is 0 Å². The van der Waals surface area contributed by atoms with Crippen molar-refractivity contribution in [2.45, 2.75) is 13.8 Å². The first-order chi connectivity index (χ1) is 18.5. The Labute approximate surface area is 225 Å². The summed E-state index contributed by atoms with van der Waals surface area (Å²) < 4.78 is 0. The number of carbonyl (C=O) groups excluding carboxylic acids is 2. The zero-order valence-electron chi connectivity index (χ0n) is 21.8. The average molecular weight is 501 g/mol. The van der Waals surface area contributed by atoms with Crippen LogP contribution in [0.4, 0.5) is 11.4 Å². The van der Waals surface area contributed by atoms with Gasteiger partial charge in [-0.05, 0) is 61.4 Å². The van der Waals surface area contributed by atoms with Crippen LogP contribution >= 0.6 is 0 Å². The third kappa shape index (κ3) is 7.40. The van der Waals surface area contributed by atoms with Crippen LogP contribution in [-0.4, -0.2) is 24.9 Å². The lowest BCUT2D eigenvalue weighted by atomic mass is 10.1. The molecule has 0 atom stereocenters. The van der Waals surface area contributed by atoms with Gasteiger partial charge in [-0.2, -0.15) is 0 Å². The Hall–Kier alpha value is -4.70. The first-order valence-corrected chi connectivity index (χ1v) is 12.7. The van der Waals surface area contributed by atoms with Crippen LogP contribution in [0.3, 0.4) is 0 Å². The van der Waals surface area contributed by atoms with Crippen LogP contribution < -0.4 is 9.80 Å². The smallest absolute Gasteiger partial charge is 0.251 e. The fourth-order valence-electron chi connectivity index (χ4n) is 4.02. The molecule has 0 saturated heterocycles. The maximum Gasteiger partial charge on any atom is 0.251 e. The SMILES string of the molecule is Cc1ccc(/C=C/C(=O)N(CCN(C(=O)/C=C/c2ccc(C)cc2)c2ccccc2)c2ccccc2)cc1. The third-order valence-corrected chi connectivity index (χ3v) is 6.21. The Morgan fingerprint density at radius 3 is 1.21 bits per heavy atom. The molecule has 4 aromatic carbocycles. The number of para-hydroxylation sites is 2. The van der Waals surface area contributed by atoms with Crippen molar-refractivity contribution in [2.24, 2.45) is 0 Å². The molecule has 4 heteroatoms. The summed E-state index contributed by atoms with van der Waals surface area (Å²) in [5.41, 5.74) is 5.81. The summed E-state index contributed by atoms with van der Waals surface area (Å²) in [6.45, 7) is 4.73. The maximum absolute atomic E-state index is 13.4. The van der Waals surface area contributed by atoms with Crippen LogP contribution in [0, 0.1) is 13.8 Å². The van der Waals surface area contributed by atoms with Gasteiger partial charge in [0, 0.05) is 36.6 Å². The molecule has 4 aromatic rings. The second-order valence-electron chi connectivity index (χ2n) is 9.14. The van der Waals surface area contributed by atoms with Gasteiger partial charge in [-0.15, -0.1) is 0 Å². The lowest BCUT2D eigenvalue weighted by Gasteiger charge is -2.27. The molecule has 0 aliphatic heterocycles. The molecule has 0 aliphatic rings. The number of benzene rings is 4. The Kier molecular flexibility index (Phi) is 9.03. The molecular formula is C34H32N2O2. The van der Waals surface area contributed by atoms with E-state index < -0.39 is 0 Å². The lowest BCUT2D eigenvalue weighted by Crippen LogP contribution is -2.40. The van der Waals surface area contributed by atoms with E-state index in [0.717, 1.165) is 22.5 Å². The van der Waals surface area contributed by atoms with Crippen molar-refractivity contribution in [2.75, 3.05) is 22.9 Å². The fourth-order valence-corrected chi connectivity index (χ4v) is 4.02. The highest BCUT2D eigenvalue weighted by Crippen LogP contribution is 2.18. The van der Waals surface area contributed by atoms with Gasteiger partial charge in [-0.1, -0.05) is 96.1 Å². The Balaban J connectivity index is 1.55. The fraction of sp³-hybridized carbons (Fsp3) is 0.118. The summed E-state index contributed by atoms with van der Waals surface area (Å²) in [4.78, 5) is 30.1. The van der Waals surface area contributed by atoms with Gasteiger partial charge in [0.25, 0.3) is 11.8 Å². The maximum atomic E-state index is 13.4. The van der Waals surface area contributed by atoms with Gasteiger partial charge in [-0.25, -0.2) is 0 Å². The quantitative estimate of drug-likeness (QED) is 0.230. The minimum Gasteiger partial charge on any atom is -0.307 e. The van der Waals surface area contributed by atoms with Crippen molar-refractivity contribution in [1.82, 2.24) is 0 Å². The standard InChI is InChI=1S/C34H32N2O2/c1-27-13-17-29(18-14-27)21-23-33(37)35(31-9-5-3-6-10-31)25-26-36(32-11-7-4-8-12-32)34(38)24-22-30-19-15-28(2)16-20-30/h3-24H,25-26H2,1-2H3/b23-21+,24-22+. The Morgan fingerprint density at radius 2 is 0.868 bits per heavy atom. The van der Waals surface area contributed by atoms with Crippen LogP contribution in [0.1, 0.15) is 22.3 Å². The normalized spacial score (nSPS) is 11.1. The Bertz CT molecular complexity index is 1280. The topological polar surface area (TPSA) is 40.6 Å². The zero-order chi connectivity index (χ0) is 26.7. The molecule has 0 N–H and O–H groups in total. The van der Waals surface area contributed by atoms with E-state index in [0.29, 0.717) is 13.1 Å². The van der Waals surface area contributed by atoms with Crippen LogP contribution in [0.25, 0.3) is 12.2 Å². The van der Waals surface area contributed by atoms with E-state index in [1.54, 1.807) is 22.0 Å². The molecule has 2 amide bonds. The second-order valence-corrected chi connectivity index (χ2v) is 9.14. The van der Waals surface area contributed by atoms with Gasteiger partial charge in [-0.3, -0.25) is 9.59 Å². The van der Waals surface area contributed by atoms with Crippen LogP contribution in [0.2, 0.25) is 0 Å². The zero-order valence-corrected chi connectivity index (χ0v) is 21.8. The average Bonchev–Trinajstić information content (AvgIpc) is 2.95. The van der Waals surface area contributed by atoms with E-state index in [1.165, 1.54) is 11.1 Å². The first kappa shape index (κ1) is 26.4. The van der Waals surface area contributed by atoms with E-state index in [9.17, 15) is 9.59 Å². The minimum absolute atomic E-state index is 0.146. The van der Waals surface area contributed by atoms with Crippen LogP contribution in [0.15, 0.2) is 121 Å². The predicted molar refractivity (Wildman–Crippen MR) is 158 cm³/mol. The van der Waals surface area contributed by atoms with Gasteiger partial charge in [0.05, 0.1) is 0 Å². The van der Waals surface area contributed by atoms with Gasteiger partial charge in [0.15, 0.2) is 0 Å². The number of hydrogen-bond donors (Lipinski definition) is 0. The van der Waals surface area contributed by atoms with Crippen LogP contribution in [0.5, 0.6) is 0 Å². The molecule has 0 saturated carbocycles. The summed E-state index contributed by atoms with van der Waals surface area (Å²) in [6.07, 6.45) is 6.82. The number of carbonyl (C=O) groups is 2. The third-order valence-electron chi connectivity index (χ3n) is 6.21. The van der Waals surface area contributed by atoms with E-state index >= 15 is 0 Å². The summed E-state index contributed by atoms with van der Waals surface area (Å²) >= 11 is 0. The van der Waals surface area contributed by atoms with Crippen molar-refractivity contribution >= 4 is 35.3 Å². The number of amides is 2. The number of hydrogen-bond acceptors (Lipinski definition) is 2. The molecule has 4 nitrogen and oxygen atoms in total. The van der Waals surface area contributed by atoms with Crippen molar-refractivity contribution < 1.29 is 9.59 Å². The summed E-state index contributed by atoms with van der Waals surface area (Å²) in [5.74, 6) is -0.292. The van der Waals surface area contributed by atoms with E-state index in [2.05, 4.69) is 0 Å². The van der Waals surface area contributed by atoms with E-state index in [4.69, 9.17) is 0 Å².